The number of carbonyl (C=O) groups is 2. The summed E-state index contributed by atoms with van der Waals surface area (Å²) >= 11 is 0. The third kappa shape index (κ3) is 4.42. The van der Waals surface area contributed by atoms with Crippen LogP contribution in [0.2, 0.25) is 0 Å². The molecule has 33 heavy (non-hydrogen) atoms. The second kappa shape index (κ2) is 9.05. The van der Waals surface area contributed by atoms with E-state index >= 15 is 0 Å². The molecule has 0 radical (unpaired) electrons. The minimum Gasteiger partial charge on any atom is -0.365 e. The van der Waals surface area contributed by atoms with Crippen molar-refractivity contribution < 1.29 is 14.0 Å². The maximum Gasteiger partial charge on any atom is 0.269 e. The van der Waals surface area contributed by atoms with Crippen LogP contribution in [0.1, 0.15) is 48.9 Å². The molecular formula is C24H31FN6O2. The highest BCUT2D eigenvalue weighted by Gasteiger charge is 2.42. The normalized spacial score (nSPS) is 20.2. The molecule has 0 aliphatic carbocycles. The van der Waals surface area contributed by atoms with Crippen molar-refractivity contribution in [3.05, 3.63) is 47.3 Å². The summed E-state index contributed by atoms with van der Waals surface area (Å²) in [5, 5.41) is 5.49. The first-order chi connectivity index (χ1) is 15.7. The highest BCUT2D eigenvalue weighted by molar-refractivity contribution is 5.97. The van der Waals surface area contributed by atoms with Crippen LogP contribution < -0.4 is 15.5 Å². The van der Waals surface area contributed by atoms with Gasteiger partial charge in [-0.2, -0.15) is 4.39 Å². The van der Waals surface area contributed by atoms with Gasteiger partial charge in [0.2, 0.25) is 11.9 Å². The smallest absolute Gasteiger partial charge is 0.269 e. The molecule has 2 amide bonds. The second-order valence-electron chi connectivity index (χ2n) is 9.26. The maximum absolute atomic E-state index is 14.5. The summed E-state index contributed by atoms with van der Waals surface area (Å²) in [5.74, 6) is -1.07. The van der Waals surface area contributed by atoms with Crippen LogP contribution in [0, 0.1) is 11.9 Å². The summed E-state index contributed by atoms with van der Waals surface area (Å²) in [6.45, 7) is 9.71. The van der Waals surface area contributed by atoms with Crippen molar-refractivity contribution in [1.82, 2.24) is 20.2 Å². The Balaban J connectivity index is 1.41. The SMILES string of the molecule is CCC1C(=O)Nc2cc(CN3CCN(c4ccc(C(=O)NC)nc4F)CC3)cnc2C1(C)C. The monoisotopic (exact) mass is 454 g/mol. The number of halogens is 1. The minimum atomic E-state index is -0.632. The van der Waals surface area contributed by atoms with Gasteiger partial charge in [-0.05, 0) is 30.2 Å². The molecule has 2 aliphatic heterocycles. The summed E-state index contributed by atoms with van der Waals surface area (Å²) in [7, 11) is 1.49. The lowest BCUT2D eigenvalue weighted by atomic mass is 9.71. The summed E-state index contributed by atoms with van der Waals surface area (Å²) in [5.41, 5.74) is 2.95. The van der Waals surface area contributed by atoms with Crippen LogP contribution in [0.3, 0.4) is 0 Å². The van der Waals surface area contributed by atoms with Crippen LogP contribution in [0.25, 0.3) is 0 Å². The van der Waals surface area contributed by atoms with E-state index in [0.717, 1.165) is 36.5 Å². The van der Waals surface area contributed by atoms with Crippen LogP contribution in [0.5, 0.6) is 0 Å². The fourth-order valence-corrected chi connectivity index (χ4v) is 4.93. The van der Waals surface area contributed by atoms with Gasteiger partial charge in [-0.3, -0.25) is 19.5 Å². The Kier molecular flexibility index (Phi) is 6.34. The Labute approximate surface area is 193 Å². The van der Waals surface area contributed by atoms with Gasteiger partial charge >= 0.3 is 0 Å². The van der Waals surface area contributed by atoms with Gasteiger partial charge in [0.1, 0.15) is 5.69 Å². The van der Waals surface area contributed by atoms with Crippen molar-refractivity contribution >= 4 is 23.2 Å². The fourth-order valence-electron chi connectivity index (χ4n) is 4.93. The van der Waals surface area contributed by atoms with E-state index in [2.05, 4.69) is 34.4 Å². The Hall–Kier alpha value is -3.07. The number of amides is 2. The Morgan fingerprint density at radius 1 is 1.27 bits per heavy atom. The molecule has 1 fully saturated rings. The molecule has 2 aromatic heterocycles. The van der Waals surface area contributed by atoms with Gasteiger partial charge in [-0.15, -0.1) is 0 Å². The molecule has 2 N–H and O–H groups in total. The molecule has 4 heterocycles. The zero-order valence-corrected chi connectivity index (χ0v) is 19.6. The van der Waals surface area contributed by atoms with Crippen molar-refractivity contribution in [2.75, 3.05) is 43.4 Å². The van der Waals surface area contributed by atoms with Gasteiger partial charge in [0, 0.05) is 57.3 Å². The average molecular weight is 455 g/mol. The molecule has 1 unspecified atom stereocenters. The van der Waals surface area contributed by atoms with E-state index in [1.807, 2.05) is 24.1 Å². The summed E-state index contributed by atoms with van der Waals surface area (Å²) in [6.07, 6.45) is 2.68. The zero-order chi connectivity index (χ0) is 23.8. The lowest BCUT2D eigenvalue weighted by Crippen LogP contribution is -2.46. The molecule has 2 aliphatic rings. The number of anilines is 2. The van der Waals surface area contributed by atoms with Gasteiger partial charge in [-0.25, -0.2) is 4.98 Å². The number of hydrogen-bond acceptors (Lipinski definition) is 6. The molecule has 0 bridgehead atoms. The summed E-state index contributed by atoms with van der Waals surface area (Å²) in [6, 6.07) is 5.19. The standard InChI is InChI=1S/C24H31FN6O2/c1-5-16-22(32)29-18-12-15(13-27-20(18)24(16,2)3)14-30-8-10-31(11-9-30)19-7-6-17(23(33)26-4)28-21(19)25/h6-7,12-13,16H,5,8-11,14H2,1-4H3,(H,26,33)(H,29,32). The minimum absolute atomic E-state index is 0.0561. The summed E-state index contributed by atoms with van der Waals surface area (Å²) < 4.78 is 14.5. The van der Waals surface area contributed by atoms with Crippen LogP contribution >= 0.6 is 0 Å². The van der Waals surface area contributed by atoms with Crippen LogP contribution in [-0.4, -0.2) is 59.9 Å². The largest absolute Gasteiger partial charge is 0.365 e. The summed E-state index contributed by atoms with van der Waals surface area (Å²) in [4.78, 5) is 37.0. The third-order valence-corrected chi connectivity index (χ3v) is 6.82. The molecule has 176 valence electrons. The van der Waals surface area contributed by atoms with Gasteiger partial charge in [-0.1, -0.05) is 20.8 Å². The van der Waals surface area contributed by atoms with Crippen molar-refractivity contribution in [1.29, 1.82) is 0 Å². The predicted octanol–water partition coefficient (Wildman–Crippen LogP) is 2.55. The van der Waals surface area contributed by atoms with Crippen molar-refractivity contribution in [3.63, 3.8) is 0 Å². The van der Waals surface area contributed by atoms with E-state index in [1.165, 1.54) is 7.05 Å². The van der Waals surface area contributed by atoms with E-state index in [4.69, 9.17) is 4.98 Å². The van der Waals surface area contributed by atoms with Crippen LogP contribution in [0.4, 0.5) is 15.8 Å². The number of rotatable bonds is 5. The number of carbonyl (C=O) groups excluding carboxylic acids is 2. The highest BCUT2D eigenvalue weighted by Crippen LogP contribution is 2.41. The quantitative estimate of drug-likeness (QED) is 0.675. The van der Waals surface area contributed by atoms with Gasteiger partial charge in [0.05, 0.1) is 17.1 Å². The second-order valence-corrected chi connectivity index (χ2v) is 9.26. The number of aromatic nitrogens is 2. The lowest BCUT2D eigenvalue weighted by molar-refractivity contribution is -0.122. The van der Waals surface area contributed by atoms with Gasteiger partial charge in [0.15, 0.2) is 0 Å². The predicted molar refractivity (Wildman–Crippen MR) is 125 cm³/mol. The fraction of sp³-hybridized carbons (Fsp3) is 0.500. The van der Waals surface area contributed by atoms with E-state index in [9.17, 15) is 14.0 Å². The first kappa shape index (κ1) is 23.1. The van der Waals surface area contributed by atoms with Crippen molar-refractivity contribution in [3.8, 4) is 0 Å². The van der Waals surface area contributed by atoms with E-state index in [-0.39, 0.29) is 22.9 Å². The number of nitrogens with one attached hydrogen (secondary N) is 2. The molecule has 0 aromatic carbocycles. The number of pyridine rings is 2. The van der Waals surface area contributed by atoms with Crippen molar-refractivity contribution in [2.45, 2.75) is 39.2 Å². The average Bonchev–Trinajstić information content (AvgIpc) is 2.79. The molecule has 4 rings (SSSR count). The highest BCUT2D eigenvalue weighted by atomic mass is 19.1. The van der Waals surface area contributed by atoms with Crippen LogP contribution in [-0.2, 0) is 16.8 Å². The molecular weight excluding hydrogens is 423 g/mol. The maximum atomic E-state index is 14.5. The first-order valence-corrected chi connectivity index (χ1v) is 11.4. The Bertz CT molecular complexity index is 1060. The van der Waals surface area contributed by atoms with Crippen LogP contribution in [0.15, 0.2) is 24.4 Å². The third-order valence-electron chi connectivity index (χ3n) is 6.82. The molecule has 8 nitrogen and oxygen atoms in total. The lowest BCUT2D eigenvalue weighted by Gasteiger charge is -2.38. The number of piperazine rings is 1. The first-order valence-electron chi connectivity index (χ1n) is 11.4. The molecule has 0 saturated carbocycles. The van der Waals surface area contributed by atoms with E-state index in [1.54, 1.807) is 12.1 Å². The van der Waals surface area contributed by atoms with Crippen molar-refractivity contribution in [2.24, 2.45) is 5.92 Å². The van der Waals surface area contributed by atoms with Gasteiger partial charge < -0.3 is 15.5 Å². The molecule has 1 atom stereocenters. The number of fused-ring (bicyclic) bond motifs is 1. The number of nitrogens with zero attached hydrogens (tertiary/aromatic N) is 4. The van der Waals surface area contributed by atoms with E-state index < -0.39 is 11.9 Å². The molecule has 1 saturated heterocycles. The number of hydrogen-bond donors (Lipinski definition) is 2. The molecule has 0 spiro atoms. The molecule has 9 heteroatoms. The van der Waals surface area contributed by atoms with E-state index in [0.29, 0.717) is 25.3 Å². The Morgan fingerprint density at radius 2 is 2.00 bits per heavy atom. The zero-order valence-electron chi connectivity index (χ0n) is 19.6. The topological polar surface area (TPSA) is 90.5 Å². The van der Waals surface area contributed by atoms with Gasteiger partial charge in [0.25, 0.3) is 5.91 Å². The molecule has 2 aromatic rings. The Morgan fingerprint density at radius 3 is 2.64 bits per heavy atom.